The number of aromatic nitrogens is 3. The smallest absolute Gasteiger partial charge is 0.253 e. The second-order valence-corrected chi connectivity index (χ2v) is 9.26. The van der Waals surface area contributed by atoms with Crippen LogP contribution in [-0.2, 0) is 11.3 Å². The lowest BCUT2D eigenvalue weighted by atomic mass is 10.0. The zero-order valence-electron chi connectivity index (χ0n) is 19.1. The number of hydrogen-bond acceptors (Lipinski definition) is 5. The minimum Gasteiger partial charge on any atom is -0.342 e. The van der Waals surface area contributed by atoms with Crippen LogP contribution in [0, 0.1) is 12.8 Å². The molecule has 2 aromatic carbocycles. The minimum atomic E-state index is -0.364. The summed E-state index contributed by atoms with van der Waals surface area (Å²) in [5.74, 6) is 0.527. The van der Waals surface area contributed by atoms with Crippen LogP contribution in [0.4, 0.5) is 5.69 Å². The number of rotatable bonds is 9. The van der Waals surface area contributed by atoms with E-state index in [0.29, 0.717) is 28.1 Å². The van der Waals surface area contributed by atoms with Gasteiger partial charge in [-0.25, -0.2) is 0 Å². The monoisotopic (exact) mass is 485 g/mol. The van der Waals surface area contributed by atoms with Crippen LogP contribution in [-0.4, -0.2) is 32.3 Å². The molecule has 174 valence electrons. The van der Waals surface area contributed by atoms with Crippen molar-refractivity contribution in [3.63, 3.8) is 0 Å². The van der Waals surface area contributed by atoms with E-state index < -0.39 is 0 Å². The van der Waals surface area contributed by atoms with Gasteiger partial charge >= 0.3 is 0 Å². The van der Waals surface area contributed by atoms with Crippen molar-refractivity contribution < 1.29 is 9.59 Å². The molecule has 3 aromatic rings. The molecule has 7 nitrogen and oxygen atoms in total. The van der Waals surface area contributed by atoms with E-state index in [0.717, 1.165) is 11.3 Å². The van der Waals surface area contributed by atoms with Crippen LogP contribution in [0.15, 0.2) is 53.7 Å². The molecule has 3 rings (SSSR count). The molecule has 0 unspecified atom stereocenters. The maximum atomic E-state index is 12.9. The third-order valence-electron chi connectivity index (χ3n) is 5.16. The average Bonchev–Trinajstić information content (AvgIpc) is 3.20. The van der Waals surface area contributed by atoms with Gasteiger partial charge in [-0.05, 0) is 43.5 Å². The highest BCUT2D eigenvalue weighted by Gasteiger charge is 2.26. The maximum absolute atomic E-state index is 12.9. The van der Waals surface area contributed by atoms with Crippen LogP contribution in [0.5, 0.6) is 0 Å². The predicted octanol–water partition coefficient (Wildman–Crippen LogP) is 5.12. The van der Waals surface area contributed by atoms with Crippen molar-refractivity contribution in [2.24, 2.45) is 5.92 Å². The molecule has 2 amide bonds. The van der Waals surface area contributed by atoms with E-state index in [1.54, 1.807) is 24.3 Å². The number of benzene rings is 2. The number of halogens is 1. The summed E-state index contributed by atoms with van der Waals surface area (Å²) in [4.78, 5) is 25.3. The molecule has 0 bridgehead atoms. The van der Waals surface area contributed by atoms with Crippen molar-refractivity contribution in [3.8, 4) is 0 Å². The average molecular weight is 486 g/mol. The summed E-state index contributed by atoms with van der Waals surface area (Å²) < 4.78 is 1.93. The van der Waals surface area contributed by atoms with Crippen molar-refractivity contribution in [2.45, 2.75) is 45.4 Å². The molecule has 1 atom stereocenters. The molecule has 0 radical (unpaired) electrons. The standard InChI is InChI=1S/C24H28ClN5O2S/c1-5-30-22(21(15(2)3)27-23(32)17-11-7-8-12-18(17)25)28-29-24(30)33-14-20(31)26-19-13-9-6-10-16(19)4/h6-13,15,21H,5,14H2,1-4H3,(H,26,31)(H,27,32)/t21-/m0/s1. The number of anilines is 1. The van der Waals surface area contributed by atoms with E-state index in [-0.39, 0.29) is 29.5 Å². The quantitative estimate of drug-likeness (QED) is 0.411. The Labute approximate surface area is 203 Å². The van der Waals surface area contributed by atoms with E-state index in [2.05, 4.69) is 20.8 Å². The fourth-order valence-corrected chi connectivity index (χ4v) is 4.39. The van der Waals surface area contributed by atoms with Gasteiger partial charge in [0.15, 0.2) is 11.0 Å². The van der Waals surface area contributed by atoms with E-state index in [1.807, 2.05) is 56.5 Å². The van der Waals surface area contributed by atoms with Gasteiger partial charge < -0.3 is 15.2 Å². The SMILES string of the molecule is CCn1c(SCC(=O)Nc2ccccc2C)nnc1[C@@H](NC(=O)c1ccccc1Cl)C(C)C. The summed E-state index contributed by atoms with van der Waals surface area (Å²) in [6.45, 7) is 8.56. The third-order valence-corrected chi connectivity index (χ3v) is 6.46. The summed E-state index contributed by atoms with van der Waals surface area (Å²) >= 11 is 7.51. The topological polar surface area (TPSA) is 88.9 Å². The number of hydrogen-bond donors (Lipinski definition) is 2. The van der Waals surface area contributed by atoms with Gasteiger partial charge in [0.1, 0.15) is 0 Å². The fourth-order valence-electron chi connectivity index (χ4n) is 3.36. The molecule has 1 aromatic heterocycles. The second kappa shape index (κ2) is 11.3. The van der Waals surface area contributed by atoms with Gasteiger partial charge in [0.2, 0.25) is 5.91 Å². The van der Waals surface area contributed by atoms with E-state index in [9.17, 15) is 9.59 Å². The molecule has 2 N–H and O–H groups in total. The third kappa shape index (κ3) is 6.15. The van der Waals surface area contributed by atoms with Gasteiger partial charge in [-0.1, -0.05) is 67.5 Å². The molecule has 0 spiro atoms. The van der Waals surface area contributed by atoms with Crippen LogP contribution >= 0.6 is 23.4 Å². The lowest BCUT2D eigenvalue weighted by Crippen LogP contribution is -2.34. The largest absolute Gasteiger partial charge is 0.342 e. The number of para-hydroxylation sites is 1. The number of carbonyl (C=O) groups is 2. The molecule has 0 fully saturated rings. The maximum Gasteiger partial charge on any atom is 0.253 e. The van der Waals surface area contributed by atoms with Gasteiger partial charge in [0.25, 0.3) is 5.91 Å². The van der Waals surface area contributed by atoms with Crippen molar-refractivity contribution in [2.75, 3.05) is 11.1 Å². The number of nitrogens with one attached hydrogen (secondary N) is 2. The van der Waals surface area contributed by atoms with Gasteiger partial charge in [0.05, 0.1) is 22.4 Å². The van der Waals surface area contributed by atoms with Crippen molar-refractivity contribution in [1.29, 1.82) is 0 Å². The van der Waals surface area contributed by atoms with Crippen LogP contribution in [0.25, 0.3) is 0 Å². The highest BCUT2D eigenvalue weighted by molar-refractivity contribution is 7.99. The van der Waals surface area contributed by atoms with Crippen LogP contribution in [0.2, 0.25) is 5.02 Å². The molecule has 0 saturated heterocycles. The first-order valence-electron chi connectivity index (χ1n) is 10.8. The number of aryl methyl sites for hydroxylation is 1. The van der Waals surface area contributed by atoms with E-state index in [4.69, 9.17) is 11.6 Å². The summed E-state index contributed by atoms with van der Waals surface area (Å²) in [5, 5.41) is 15.7. The summed E-state index contributed by atoms with van der Waals surface area (Å²) in [7, 11) is 0. The highest BCUT2D eigenvalue weighted by Crippen LogP contribution is 2.26. The Morgan fingerprint density at radius 1 is 1.09 bits per heavy atom. The Bertz CT molecular complexity index is 1130. The first-order valence-corrected chi connectivity index (χ1v) is 12.1. The Morgan fingerprint density at radius 3 is 2.45 bits per heavy atom. The summed E-state index contributed by atoms with van der Waals surface area (Å²) in [5.41, 5.74) is 2.21. The Kier molecular flexibility index (Phi) is 8.52. The number of carbonyl (C=O) groups excluding carboxylic acids is 2. The van der Waals surface area contributed by atoms with Crippen LogP contribution < -0.4 is 10.6 Å². The molecule has 0 aliphatic rings. The number of amides is 2. The lowest BCUT2D eigenvalue weighted by Gasteiger charge is -2.22. The molecule has 1 heterocycles. The Morgan fingerprint density at radius 2 is 1.79 bits per heavy atom. The van der Waals surface area contributed by atoms with Crippen molar-refractivity contribution >= 4 is 40.9 Å². The molecule has 9 heteroatoms. The van der Waals surface area contributed by atoms with Crippen molar-refractivity contribution in [3.05, 3.63) is 70.5 Å². The lowest BCUT2D eigenvalue weighted by molar-refractivity contribution is -0.113. The van der Waals surface area contributed by atoms with E-state index >= 15 is 0 Å². The zero-order valence-corrected chi connectivity index (χ0v) is 20.7. The molecule has 0 aliphatic heterocycles. The van der Waals surface area contributed by atoms with Crippen LogP contribution in [0.3, 0.4) is 0 Å². The molecule has 0 aliphatic carbocycles. The van der Waals surface area contributed by atoms with Crippen LogP contribution in [0.1, 0.15) is 48.6 Å². The zero-order chi connectivity index (χ0) is 24.0. The number of nitrogens with zero attached hydrogens (tertiary/aromatic N) is 3. The first kappa shape index (κ1) is 24.8. The fraction of sp³-hybridized carbons (Fsp3) is 0.333. The van der Waals surface area contributed by atoms with Crippen molar-refractivity contribution in [1.82, 2.24) is 20.1 Å². The summed E-state index contributed by atoms with van der Waals surface area (Å²) in [6.07, 6.45) is 0. The predicted molar refractivity (Wildman–Crippen MR) is 133 cm³/mol. The van der Waals surface area contributed by atoms with Gasteiger partial charge in [-0.2, -0.15) is 0 Å². The summed E-state index contributed by atoms with van der Waals surface area (Å²) in [6, 6.07) is 14.2. The Hall–Kier alpha value is -2.84. The molecular formula is C24H28ClN5O2S. The van der Waals surface area contributed by atoms with Gasteiger partial charge in [-0.15, -0.1) is 10.2 Å². The second-order valence-electron chi connectivity index (χ2n) is 7.91. The Balaban J connectivity index is 1.73. The van der Waals surface area contributed by atoms with E-state index in [1.165, 1.54) is 11.8 Å². The number of thioether (sulfide) groups is 1. The first-order chi connectivity index (χ1) is 15.8. The highest BCUT2D eigenvalue weighted by atomic mass is 35.5. The molecule has 0 saturated carbocycles. The van der Waals surface area contributed by atoms with Gasteiger partial charge in [-0.3, -0.25) is 9.59 Å². The molecule has 33 heavy (non-hydrogen) atoms. The van der Waals surface area contributed by atoms with Gasteiger partial charge in [0, 0.05) is 12.2 Å². The molecular weight excluding hydrogens is 458 g/mol. The normalized spacial score (nSPS) is 11.9. The minimum absolute atomic E-state index is 0.0631.